The molecule has 1 unspecified atom stereocenters. The van der Waals surface area contributed by atoms with Gasteiger partial charge in [-0.2, -0.15) is 0 Å². The lowest BCUT2D eigenvalue weighted by atomic mass is 9.99. The van der Waals surface area contributed by atoms with Crippen molar-refractivity contribution < 1.29 is 9.18 Å². The van der Waals surface area contributed by atoms with Crippen molar-refractivity contribution in [2.75, 3.05) is 11.9 Å². The molecule has 2 N–H and O–H groups in total. The summed E-state index contributed by atoms with van der Waals surface area (Å²) >= 11 is 0. The minimum absolute atomic E-state index is 0.0332. The summed E-state index contributed by atoms with van der Waals surface area (Å²) in [5.41, 5.74) is 2.99. The molecule has 0 saturated heterocycles. The molecule has 0 aliphatic carbocycles. The number of carbonyl (C=O) groups excluding carboxylic acids is 1. The molecule has 2 aromatic heterocycles. The van der Waals surface area contributed by atoms with Crippen LogP contribution in [-0.4, -0.2) is 32.3 Å². The van der Waals surface area contributed by atoms with Gasteiger partial charge in [0.15, 0.2) is 0 Å². The summed E-state index contributed by atoms with van der Waals surface area (Å²) in [7, 11) is 0. The van der Waals surface area contributed by atoms with Crippen LogP contribution in [-0.2, 0) is 17.8 Å². The summed E-state index contributed by atoms with van der Waals surface area (Å²) in [6.45, 7) is 4.43. The third-order valence-electron chi connectivity index (χ3n) is 5.49. The number of anilines is 1. The van der Waals surface area contributed by atoms with E-state index >= 15 is 0 Å². The Morgan fingerprint density at radius 3 is 2.84 bits per heavy atom. The fourth-order valence-electron chi connectivity index (χ4n) is 3.82. The Morgan fingerprint density at radius 1 is 1.29 bits per heavy atom. The van der Waals surface area contributed by atoms with Crippen molar-refractivity contribution in [1.29, 1.82) is 0 Å². The molecule has 1 atom stereocenters. The van der Waals surface area contributed by atoms with Crippen LogP contribution in [0.1, 0.15) is 43.1 Å². The monoisotopic (exact) mass is 421 g/mol. The van der Waals surface area contributed by atoms with Gasteiger partial charge >= 0.3 is 0 Å². The molecule has 8 heteroatoms. The van der Waals surface area contributed by atoms with Crippen LogP contribution in [0.15, 0.2) is 47.4 Å². The quantitative estimate of drug-likeness (QED) is 0.673. The first kappa shape index (κ1) is 20.7. The maximum Gasteiger partial charge on any atom is 0.251 e. The fourth-order valence-corrected chi connectivity index (χ4v) is 3.82. The van der Waals surface area contributed by atoms with Gasteiger partial charge in [0, 0.05) is 43.5 Å². The Balaban J connectivity index is 1.59. The highest BCUT2D eigenvalue weighted by Crippen LogP contribution is 2.30. The van der Waals surface area contributed by atoms with Crippen LogP contribution >= 0.6 is 0 Å². The molecule has 160 valence electrons. The third-order valence-corrected chi connectivity index (χ3v) is 5.49. The smallest absolute Gasteiger partial charge is 0.251 e. The molecule has 3 heterocycles. The standard InChI is InChI=1S/C23H24FN5O2/c1-3-18-11-22(31)28-23(26-18)15-4-7-21(25-12-15)27-20-8-9-29(14(2)30)13-16-10-17(24)5-6-19(16)20/h4-7,10-12,20H,3,8-9,13H2,1-2H3,(H,25,27)(H,26,28,31). The number of rotatable bonds is 4. The normalized spacial score (nSPS) is 15.8. The molecule has 1 aliphatic heterocycles. The Hall–Kier alpha value is -3.55. The van der Waals surface area contributed by atoms with E-state index in [1.807, 2.05) is 19.1 Å². The molecule has 0 spiro atoms. The SMILES string of the molecule is CCc1cc(=O)[nH]c(-c2ccc(NC3CCN(C(C)=O)Cc4cc(F)ccc43)nc2)n1. The number of fused-ring (bicyclic) bond motifs is 1. The molecule has 1 aliphatic rings. The molecule has 0 radical (unpaired) electrons. The van der Waals surface area contributed by atoms with E-state index in [0.29, 0.717) is 43.1 Å². The summed E-state index contributed by atoms with van der Waals surface area (Å²) in [6.07, 6.45) is 3.00. The van der Waals surface area contributed by atoms with E-state index in [2.05, 4.69) is 20.3 Å². The number of nitrogens with one attached hydrogen (secondary N) is 2. The van der Waals surface area contributed by atoms with Gasteiger partial charge in [0.25, 0.3) is 5.56 Å². The fraction of sp³-hybridized carbons (Fsp3) is 0.304. The molecule has 0 saturated carbocycles. The number of hydrogen-bond donors (Lipinski definition) is 2. The minimum atomic E-state index is -0.318. The maximum absolute atomic E-state index is 13.8. The van der Waals surface area contributed by atoms with E-state index in [0.717, 1.165) is 16.8 Å². The zero-order valence-corrected chi connectivity index (χ0v) is 17.5. The van der Waals surface area contributed by atoms with Crippen LogP contribution in [0.3, 0.4) is 0 Å². The van der Waals surface area contributed by atoms with Gasteiger partial charge < -0.3 is 15.2 Å². The van der Waals surface area contributed by atoms with Crippen LogP contribution in [0, 0.1) is 5.82 Å². The summed E-state index contributed by atoms with van der Waals surface area (Å²) in [4.78, 5) is 37.2. The number of aromatic amines is 1. The molecular formula is C23H24FN5O2. The van der Waals surface area contributed by atoms with Crippen molar-refractivity contribution in [3.05, 3.63) is 75.6 Å². The van der Waals surface area contributed by atoms with Crippen LogP contribution in [0.25, 0.3) is 11.4 Å². The lowest BCUT2D eigenvalue weighted by Crippen LogP contribution is -2.28. The predicted molar refractivity (Wildman–Crippen MR) is 116 cm³/mol. The van der Waals surface area contributed by atoms with Crippen LogP contribution in [0.5, 0.6) is 0 Å². The van der Waals surface area contributed by atoms with Crippen molar-refractivity contribution in [2.24, 2.45) is 0 Å². The lowest BCUT2D eigenvalue weighted by Gasteiger charge is -2.20. The molecule has 0 fully saturated rings. The summed E-state index contributed by atoms with van der Waals surface area (Å²) in [6, 6.07) is 9.75. The van der Waals surface area contributed by atoms with Crippen molar-refractivity contribution in [1.82, 2.24) is 19.9 Å². The van der Waals surface area contributed by atoms with Gasteiger partial charge in [-0.15, -0.1) is 0 Å². The van der Waals surface area contributed by atoms with Crippen LogP contribution < -0.4 is 10.9 Å². The second-order valence-corrected chi connectivity index (χ2v) is 7.64. The Labute approximate surface area is 179 Å². The van der Waals surface area contributed by atoms with E-state index < -0.39 is 0 Å². The van der Waals surface area contributed by atoms with Gasteiger partial charge in [-0.1, -0.05) is 13.0 Å². The first-order valence-corrected chi connectivity index (χ1v) is 10.3. The van der Waals surface area contributed by atoms with Gasteiger partial charge in [0.1, 0.15) is 17.5 Å². The van der Waals surface area contributed by atoms with E-state index in [9.17, 15) is 14.0 Å². The first-order chi connectivity index (χ1) is 14.9. The average molecular weight is 421 g/mol. The van der Waals surface area contributed by atoms with Crippen molar-refractivity contribution in [2.45, 2.75) is 39.3 Å². The number of aryl methyl sites for hydroxylation is 1. The van der Waals surface area contributed by atoms with E-state index in [1.54, 1.807) is 17.2 Å². The Kier molecular flexibility index (Phi) is 5.79. The van der Waals surface area contributed by atoms with Crippen molar-refractivity contribution >= 4 is 11.7 Å². The highest BCUT2D eigenvalue weighted by atomic mass is 19.1. The Bertz CT molecular complexity index is 1160. The maximum atomic E-state index is 13.8. The average Bonchev–Trinajstić information content (AvgIpc) is 2.93. The number of amides is 1. The zero-order chi connectivity index (χ0) is 22.0. The lowest BCUT2D eigenvalue weighted by molar-refractivity contribution is -0.129. The molecule has 1 aromatic carbocycles. The van der Waals surface area contributed by atoms with E-state index in [-0.39, 0.29) is 23.3 Å². The highest BCUT2D eigenvalue weighted by Gasteiger charge is 2.24. The first-order valence-electron chi connectivity index (χ1n) is 10.3. The molecule has 7 nitrogen and oxygen atoms in total. The van der Waals surface area contributed by atoms with Crippen molar-refractivity contribution in [3.8, 4) is 11.4 Å². The molecule has 31 heavy (non-hydrogen) atoms. The molecule has 4 rings (SSSR count). The number of benzene rings is 1. The topological polar surface area (TPSA) is 91.0 Å². The summed E-state index contributed by atoms with van der Waals surface area (Å²) < 4.78 is 13.8. The number of pyridine rings is 1. The second kappa shape index (κ2) is 8.67. The van der Waals surface area contributed by atoms with Gasteiger partial charge in [-0.25, -0.2) is 14.4 Å². The zero-order valence-electron chi connectivity index (χ0n) is 17.5. The summed E-state index contributed by atoms with van der Waals surface area (Å²) in [5, 5.41) is 3.40. The molecule has 3 aromatic rings. The van der Waals surface area contributed by atoms with Gasteiger partial charge in [0.2, 0.25) is 5.91 Å². The minimum Gasteiger partial charge on any atom is -0.363 e. The number of halogens is 1. The molecule has 0 bridgehead atoms. The van der Waals surface area contributed by atoms with Gasteiger partial charge in [-0.05, 0) is 48.2 Å². The van der Waals surface area contributed by atoms with E-state index in [1.165, 1.54) is 25.1 Å². The number of hydrogen-bond acceptors (Lipinski definition) is 5. The Morgan fingerprint density at radius 2 is 2.13 bits per heavy atom. The van der Waals surface area contributed by atoms with Crippen molar-refractivity contribution in [3.63, 3.8) is 0 Å². The number of H-pyrrole nitrogens is 1. The number of nitrogens with zero attached hydrogens (tertiary/aromatic N) is 3. The predicted octanol–water partition coefficient (Wildman–Crippen LogP) is 3.44. The second-order valence-electron chi connectivity index (χ2n) is 7.64. The van der Waals surface area contributed by atoms with Crippen LogP contribution in [0.4, 0.5) is 10.2 Å². The largest absolute Gasteiger partial charge is 0.363 e. The van der Waals surface area contributed by atoms with Crippen LogP contribution in [0.2, 0.25) is 0 Å². The highest BCUT2D eigenvalue weighted by molar-refractivity contribution is 5.73. The third kappa shape index (κ3) is 4.63. The number of aromatic nitrogens is 3. The number of carbonyl (C=O) groups is 1. The molecule has 1 amide bonds. The molecular weight excluding hydrogens is 397 g/mol. The van der Waals surface area contributed by atoms with E-state index in [4.69, 9.17) is 0 Å². The van der Waals surface area contributed by atoms with Gasteiger partial charge in [-0.3, -0.25) is 9.59 Å². The summed E-state index contributed by atoms with van der Waals surface area (Å²) in [5.74, 6) is 0.778. The van der Waals surface area contributed by atoms with Gasteiger partial charge in [0.05, 0.1) is 6.04 Å².